The Bertz CT molecular complexity index is 899. The van der Waals surface area contributed by atoms with Crippen LogP contribution in [-0.2, 0) is 17.6 Å². The summed E-state index contributed by atoms with van der Waals surface area (Å²) < 4.78 is 16.1. The SMILES string of the molecule is COc1cc(CCC(=O)N2CCCc3c(C(=O)O)cccc32)cc(OC)c1OC. The van der Waals surface area contributed by atoms with Gasteiger partial charge in [-0.15, -0.1) is 0 Å². The van der Waals surface area contributed by atoms with Crippen LogP contribution in [0.1, 0.15) is 34.3 Å². The third-order valence-electron chi connectivity index (χ3n) is 5.13. The van der Waals surface area contributed by atoms with Gasteiger partial charge in [-0.1, -0.05) is 6.07 Å². The molecule has 0 saturated carbocycles. The Morgan fingerprint density at radius 1 is 1.07 bits per heavy atom. The zero-order chi connectivity index (χ0) is 21.0. The maximum absolute atomic E-state index is 12.9. The summed E-state index contributed by atoms with van der Waals surface area (Å²) in [5, 5.41) is 9.42. The lowest BCUT2D eigenvalue weighted by Gasteiger charge is -2.30. The largest absolute Gasteiger partial charge is 0.493 e. The van der Waals surface area contributed by atoms with E-state index in [9.17, 15) is 14.7 Å². The summed E-state index contributed by atoms with van der Waals surface area (Å²) in [5.74, 6) is 0.597. The van der Waals surface area contributed by atoms with E-state index in [-0.39, 0.29) is 17.9 Å². The van der Waals surface area contributed by atoms with Gasteiger partial charge < -0.3 is 24.2 Å². The lowest BCUT2D eigenvalue weighted by atomic mass is 9.95. The predicted molar refractivity (Wildman–Crippen MR) is 108 cm³/mol. The zero-order valence-electron chi connectivity index (χ0n) is 16.9. The van der Waals surface area contributed by atoms with Crippen LogP contribution in [0.3, 0.4) is 0 Å². The number of hydrogen-bond acceptors (Lipinski definition) is 5. The average Bonchev–Trinajstić information content (AvgIpc) is 2.75. The van der Waals surface area contributed by atoms with Crippen LogP contribution in [0.15, 0.2) is 30.3 Å². The monoisotopic (exact) mass is 399 g/mol. The summed E-state index contributed by atoms with van der Waals surface area (Å²) in [7, 11) is 4.65. The standard InChI is InChI=1S/C22H25NO6/c1-27-18-12-14(13-19(28-2)21(18)29-3)9-10-20(24)23-11-5-7-15-16(22(25)26)6-4-8-17(15)23/h4,6,8,12-13H,5,7,9-11H2,1-3H3,(H,25,26). The molecule has 0 atom stereocenters. The van der Waals surface area contributed by atoms with Gasteiger partial charge in [0.25, 0.3) is 0 Å². The molecule has 7 heteroatoms. The molecular weight excluding hydrogens is 374 g/mol. The number of hydrogen-bond donors (Lipinski definition) is 1. The van der Waals surface area contributed by atoms with Crippen molar-refractivity contribution < 1.29 is 28.9 Å². The van der Waals surface area contributed by atoms with E-state index in [1.807, 2.05) is 18.2 Å². The fraction of sp³-hybridized carbons (Fsp3) is 0.364. The van der Waals surface area contributed by atoms with Crippen LogP contribution in [0, 0.1) is 0 Å². The van der Waals surface area contributed by atoms with Crippen molar-refractivity contribution in [2.24, 2.45) is 0 Å². The number of anilines is 1. The van der Waals surface area contributed by atoms with Crippen molar-refractivity contribution in [1.82, 2.24) is 0 Å². The van der Waals surface area contributed by atoms with Crippen molar-refractivity contribution in [3.05, 3.63) is 47.0 Å². The minimum Gasteiger partial charge on any atom is -0.493 e. The van der Waals surface area contributed by atoms with Gasteiger partial charge in [-0.2, -0.15) is 0 Å². The van der Waals surface area contributed by atoms with E-state index in [1.165, 1.54) is 0 Å². The molecule has 2 aromatic rings. The van der Waals surface area contributed by atoms with E-state index < -0.39 is 5.97 Å². The Labute approximate surface area is 169 Å². The minimum absolute atomic E-state index is 0.0396. The van der Waals surface area contributed by atoms with Crippen LogP contribution >= 0.6 is 0 Å². The Balaban J connectivity index is 1.79. The molecule has 0 bridgehead atoms. The number of carboxylic acid groups (broad SMARTS) is 1. The number of rotatable bonds is 7. The summed E-state index contributed by atoms with van der Waals surface area (Å²) in [4.78, 5) is 26.1. The van der Waals surface area contributed by atoms with Crippen molar-refractivity contribution >= 4 is 17.6 Å². The van der Waals surface area contributed by atoms with E-state index in [0.717, 1.165) is 17.5 Å². The van der Waals surface area contributed by atoms with E-state index in [2.05, 4.69) is 0 Å². The second-order valence-corrected chi connectivity index (χ2v) is 6.79. The van der Waals surface area contributed by atoms with E-state index in [4.69, 9.17) is 14.2 Å². The lowest BCUT2D eigenvalue weighted by Crippen LogP contribution is -2.36. The van der Waals surface area contributed by atoms with E-state index in [0.29, 0.717) is 42.3 Å². The van der Waals surface area contributed by atoms with Crippen molar-refractivity contribution in [3.8, 4) is 17.2 Å². The van der Waals surface area contributed by atoms with Crippen LogP contribution < -0.4 is 19.1 Å². The Morgan fingerprint density at radius 2 is 1.76 bits per heavy atom. The molecule has 29 heavy (non-hydrogen) atoms. The minimum atomic E-state index is -0.964. The molecular formula is C22H25NO6. The average molecular weight is 399 g/mol. The molecule has 2 aromatic carbocycles. The molecule has 0 fully saturated rings. The van der Waals surface area contributed by atoms with Crippen LogP contribution in [0.25, 0.3) is 0 Å². The number of aryl methyl sites for hydroxylation is 1. The number of aromatic carboxylic acids is 1. The number of benzene rings is 2. The van der Waals surface area contributed by atoms with Gasteiger partial charge in [0.05, 0.1) is 26.9 Å². The fourth-order valence-electron chi connectivity index (χ4n) is 3.75. The third kappa shape index (κ3) is 4.13. The molecule has 7 nitrogen and oxygen atoms in total. The van der Waals surface area contributed by atoms with Gasteiger partial charge in [-0.3, -0.25) is 4.79 Å². The van der Waals surface area contributed by atoms with Gasteiger partial charge >= 0.3 is 5.97 Å². The first-order valence-electron chi connectivity index (χ1n) is 9.44. The Kier molecular flexibility index (Phi) is 6.26. The van der Waals surface area contributed by atoms with Gasteiger partial charge in [0, 0.05) is 18.7 Å². The summed E-state index contributed by atoms with van der Waals surface area (Å²) in [5.41, 5.74) is 2.59. The first-order valence-corrected chi connectivity index (χ1v) is 9.44. The Morgan fingerprint density at radius 3 is 2.34 bits per heavy atom. The van der Waals surface area contributed by atoms with Crippen molar-refractivity contribution in [1.29, 1.82) is 0 Å². The van der Waals surface area contributed by atoms with Gasteiger partial charge in [-0.25, -0.2) is 4.79 Å². The number of carbonyl (C=O) groups excluding carboxylic acids is 1. The molecule has 1 heterocycles. The van der Waals surface area contributed by atoms with E-state index in [1.54, 1.807) is 38.4 Å². The van der Waals surface area contributed by atoms with Gasteiger partial charge in [-0.05, 0) is 54.7 Å². The molecule has 1 N–H and O–H groups in total. The second kappa shape index (κ2) is 8.86. The Hall–Kier alpha value is -3.22. The maximum atomic E-state index is 12.9. The summed E-state index contributed by atoms with van der Waals surface area (Å²) in [6.07, 6.45) is 2.19. The fourth-order valence-corrected chi connectivity index (χ4v) is 3.75. The molecule has 0 spiro atoms. The molecule has 1 aliphatic rings. The zero-order valence-corrected chi connectivity index (χ0v) is 16.9. The lowest BCUT2D eigenvalue weighted by molar-refractivity contribution is -0.118. The summed E-state index contributed by atoms with van der Waals surface area (Å²) >= 11 is 0. The number of carboxylic acids is 1. The smallest absolute Gasteiger partial charge is 0.336 e. The van der Waals surface area contributed by atoms with Crippen LogP contribution in [0.2, 0.25) is 0 Å². The molecule has 1 amide bonds. The number of methoxy groups -OCH3 is 3. The molecule has 3 rings (SSSR count). The molecule has 0 unspecified atom stereocenters. The van der Waals surface area contributed by atoms with Crippen molar-refractivity contribution in [3.63, 3.8) is 0 Å². The number of amides is 1. The van der Waals surface area contributed by atoms with Crippen molar-refractivity contribution in [2.45, 2.75) is 25.7 Å². The normalized spacial score (nSPS) is 12.9. The number of fused-ring (bicyclic) bond motifs is 1. The highest BCUT2D eigenvalue weighted by Gasteiger charge is 2.26. The molecule has 0 saturated heterocycles. The molecule has 154 valence electrons. The van der Waals surface area contributed by atoms with E-state index >= 15 is 0 Å². The van der Waals surface area contributed by atoms with Gasteiger partial charge in [0.15, 0.2) is 11.5 Å². The quantitative estimate of drug-likeness (QED) is 0.769. The first-order chi connectivity index (χ1) is 14.0. The molecule has 0 aliphatic carbocycles. The molecule has 0 aromatic heterocycles. The predicted octanol–water partition coefficient (Wildman–Crippen LogP) is 3.32. The van der Waals surface area contributed by atoms with Crippen LogP contribution in [-0.4, -0.2) is 44.9 Å². The molecule has 1 aliphatic heterocycles. The van der Waals surface area contributed by atoms with Crippen molar-refractivity contribution in [2.75, 3.05) is 32.8 Å². The highest BCUT2D eigenvalue weighted by molar-refractivity contribution is 5.98. The first kappa shape index (κ1) is 20.5. The topological polar surface area (TPSA) is 85.3 Å². The number of carbonyl (C=O) groups is 2. The second-order valence-electron chi connectivity index (χ2n) is 6.79. The highest BCUT2D eigenvalue weighted by atomic mass is 16.5. The molecule has 0 radical (unpaired) electrons. The van der Waals surface area contributed by atoms with Crippen LogP contribution in [0.5, 0.6) is 17.2 Å². The van der Waals surface area contributed by atoms with Crippen LogP contribution in [0.4, 0.5) is 5.69 Å². The highest BCUT2D eigenvalue weighted by Crippen LogP contribution is 2.38. The number of ether oxygens (including phenoxy) is 3. The number of nitrogens with zero attached hydrogens (tertiary/aromatic N) is 1. The summed E-state index contributed by atoms with van der Waals surface area (Å²) in [6, 6.07) is 8.76. The maximum Gasteiger partial charge on any atom is 0.336 e. The van der Waals surface area contributed by atoms with Gasteiger partial charge in [0.2, 0.25) is 11.7 Å². The van der Waals surface area contributed by atoms with Gasteiger partial charge in [0.1, 0.15) is 0 Å². The summed E-state index contributed by atoms with van der Waals surface area (Å²) in [6.45, 7) is 0.587. The third-order valence-corrected chi connectivity index (χ3v) is 5.13.